The number of piperidine rings is 1. The number of para-hydroxylation sites is 2. The fraction of sp³-hybridized carbons (Fsp3) is 0.276. The molecule has 3 aromatic carbocycles. The van der Waals surface area contributed by atoms with Crippen molar-refractivity contribution in [2.24, 2.45) is 5.92 Å². The van der Waals surface area contributed by atoms with Gasteiger partial charge in [-0.3, -0.25) is 9.59 Å². The molecule has 0 saturated carbocycles. The monoisotopic (exact) mass is 451 g/mol. The van der Waals surface area contributed by atoms with E-state index >= 15 is 0 Å². The maximum Gasteiger partial charge on any atom is 0.270 e. The molecule has 1 amide bonds. The molecule has 1 aromatic heterocycles. The zero-order valence-corrected chi connectivity index (χ0v) is 19.2. The van der Waals surface area contributed by atoms with Gasteiger partial charge < -0.3 is 9.88 Å². The smallest absolute Gasteiger partial charge is 0.270 e. The number of fused-ring (bicyclic) bond motifs is 1. The Balaban J connectivity index is 1.23. The highest BCUT2D eigenvalue weighted by Crippen LogP contribution is 2.38. The van der Waals surface area contributed by atoms with E-state index in [1.807, 2.05) is 29.2 Å². The van der Waals surface area contributed by atoms with Crippen LogP contribution in [0.3, 0.4) is 0 Å². The van der Waals surface area contributed by atoms with E-state index in [0.717, 1.165) is 37.0 Å². The van der Waals surface area contributed by atoms with Gasteiger partial charge in [-0.25, -0.2) is 4.98 Å². The minimum atomic E-state index is -0.209. The Kier molecular flexibility index (Phi) is 6.52. The van der Waals surface area contributed by atoms with Crippen molar-refractivity contribution in [3.63, 3.8) is 0 Å². The number of aromatic amines is 1. The minimum Gasteiger partial charge on any atom is -0.343 e. The number of amides is 1. The van der Waals surface area contributed by atoms with Crippen LogP contribution in [0.1, 0.15) is 42.0 Å². The van der Waals surface area contributed by atoms with Crippen molar-refractivity contribution in [1.29, 1.82) is 0 Å². The van der Waals surface area contributed by atoms with E-state index in [9.17, 15) is 9.59 Å². The zero-order chi connectivity index (χ0) is 23.3. The summed E-state index contributed by atoms with van der Waals surface area (Å²) < 4.78 is 0. The molecule has 1 aliphatic rings. The lowest BCUT2D eigenvalue weighted by Crippen LogP contribution is -2.40. The van der Waals surface area contributed by atoms with Crippen molar-refractivity contribution >= 4 is 16.9 Å². The first kappa shape index (κ1) is 22.1. The first-order valence-electron chi connectivity index (χ1n) is 12.0. The molecule has 1 fully saturated rings. The molecule has 34 heavy (non-hydrogen) atoms. The lowest BCUT2D eigenvalue weighted by Gasteiger charge is -2.36. The fourth-order valence-corrected chi connectivity index (χ4v) is 5.16. The van der Waals surface area contributed by atoms with Crippen molar-refractivity contribution in [2.75, 3.05) is 13.1 Å². The van der Waals surface area contributed by atoms with Crippen molar-refractivity contribution in [1.82, 2.24) is 14.9 Å². The topological polar surface area (TPSA) is 66.1 Å². The summed E-state index contributed by atoms with van der Waals surface area (Å²) >= 11 is 0. The number of hydrogen-bond donors (Lipinski definition) is 1. The normalized spacial score (nSPS) is 14.6. The predicted octanol–water partition coefficient (Wildman–Crippen LogP) is 4.93. The Morgan fingerprint density at radius 3 is 2.12 bits per heavy atom. The number of carbonyl (C=O) groups excluding carboxylic acids is 1. The number of carbonyl (C=O) groups is 1. The van der Waals surface area contributed by atoms with Crippen LogP contribution in [-0.2, 0) is 11.2 Å². The molecule has 5 heteroatoms. The molecule has 2 heterocycles. The van der Waals surface area contributed by atoms with Crippen molar-refractivity contribution in [3.8, 4) is 0 Å². The highest BCUT2D eigenvalue weighted by molar-refractivity contribution is 5.77. The summed E-state index contributed by atoms with van der Waals surface area (Å²) in [5.74, 6) is 0.919. The Labute approximate surface area is 199 Å². The van der Waals surface area contributed by atoms with Crippen molar-refractivity contribution in [2.45, 2.75) is 31.6 Å². The van der Waals surface area contributed by atoms with E-state index in [2.05, 4.69) is 70.6 Å². The number of hydrogen-bond acceptors (Lipinski definition) is 3. The van der Waals surface area contributed by atoms with E-state index in [1.165, 1.54) is 11.1 Å². The van der Waals surface area contributed by atoms with E-state index in [1.54, 1.807) is 0 Å². The molecule has 0 radical (unpaired) electrons. The Hall–Kier alpha value is -3.73. The number of aromatic nitrogens is 2. The SMILES string of the molecule is O=C(CCc1nc2ccccc2[nH]c1=O)N1CCC(C(c2ccccc2)c2ccccc2)CC1. The van der Waals surface area contributed by atoms with E-state index in [4.69, 9.17) is 0 Å². The van der Waals surface area contributed by atoms with Gasteiger partial charge in [0.15, 0.2) is 0 Å². The predicted molar refractivity (Wildman–Crippen MR) is 135 cm³/mol. The molecule has 5 nitrogen and oxygen atoms in total. The van der Waals surface area contributed by atoms with Gasteiger partial charge in [0.25, 0.3) is 5.56 Å². The zero-order valence-electron chi connectivity index (χ0n) is 19.2. The van der Waals surface area contributed by atoms with Crippen LogP contribution in [0.5, 0.6) is 0 Å². The van der Waals surface area contributed by atoms with Crippen LogP contribution >= 0.6 is 0 Å². The third kappa shape index (κ3) is 4.79. The molecule has 1 saturated heterocycles. The van der Waals surface area contributed by atoms with Crippen LogP contribution in [-0.4, -0.2) is 33.9 Å². The summed E-state index contributed by atoms with van der Waals surface area (Å²) in [5.41, 5.74) is 4.35. The standard InChI is InChI=1S/C29H29N3O2/c33-27(16-15-26-29(34)31-25-14-8-7-13-24(25)30-26)32-19-17-23(18-20-32)28(21-9-3-1-4-10-21)22-11-5-2-6-12-22/h1-14,23,28H,15-20H2,(H,31,34). The molecule has 4 aromatic rings. The largest absolute Gasteiger partial charge is 0.343 e. The van der Waals surface area contributed by atoms with Crippen LogP contribution in [0.25, 0.3) is 11.0 Å². The summed E-state index contributed by atoms with van der Waals surface area (Å²) in [4.78, 5) is 34.6. The van der Waals surface area contributed by atoms with Gasteiger partial charge in [0.2, 0.25) is 5.91 Å². The molecule has 0 atom stereocenters. The van der Waals surface area contributed by atoms with Crippen LogP contribution in [0.4, 0.5) is 0 Å². The van der Waals surface area contributed by atoms with Crippen LogP contribution < -0.4 is 5.56 Å². The summed E-state index contributed by atoms with van der Waals surface area (Å²) in [6.07, 6.45) is 2.60. The number of H-pyrrole nitrogens is 1. The maximum atomic E-state index is 12.9. The molecule has 5 rings (SSSR count). The molecule has 0 unspecified atom stereocenters. The van der Waals surface area contributed by atoms with Gasteiger partial charge in [-0.2, -0.15) is 0 Å². The summed E-state index contributed by atoms with van der Waals surface area (Å²) in [7, 11) is 0. The van der Waals surface area contributed by atoms with E-state index < -0.39 is 0 Å². The third-order valence-corrected chi connectivity index (χ3v) is 6.93. The van der Waals surface area contributed by atoms with Gasteiger partial charge in [-0.05, 0) is 42.0 Å². The first-order valence-corrected chi connectivity index (χ1v) is 12.0. The quantitative estimate of drug-likeness (QED) is 0.452. The molecule has 172 valence electrons. The third-order valence-electron chi connectivity index (χ3n) is 6.93. The Morgan fingerprint density at radius 1 is 0.882 bits per heavy atom. The van der Waals surface area contributed by atoms with Crippen molar-refractivity contribution in [3.05, 3.63) is 112 Å². The minimum absolute atomic E-state index is 0.101. The summed E-state index contributed by atoms with van der Waals surface area (Å²) in [6.45, 7) is 1.50. The van der Waals surface area contributed by atoms with E-state index in [-0.39, 0.29) is 11.5 Å². The van der Waals surface area contributed by atoms with Crippen LogP contribution in [0.15, 0.2) is 89.7 Å². The fourth-order valence-electron chi connectivity index (χ4n) is 5.16. The second-order valence-corrected chi connectivity index (χ2v) is 9.05. The number of benzene rings is 3. The molecule has 0 aliphatic carbocycles. The number of nitrogens with zero attached hydrogens (tertiary/aromatic N) is 2. The lowest BCUT2D eigenvalue weighted by atomic mass is 9.76. The van der Waals surface area contributed by atoms with Gasteiger partial charge in [-0.15, -0.1) is 0 Å². The second kappa shape index (κ2) is 10.0. The van der Waals surface area contributed by atoms with Crippen molar-refractivity contribution < 1.29 is 4.79 Å². The highest BCUT2D eigenvalue weighted by atomic mass is 16.2. The molecular formula is C29H29N3O2. The number of likely N-dealkylation sites (tertiary alicyclic amines) is 1. The Morgan fingerprint density at radius 2 is 1.47 bits per heavy atom. The van der Waals surface area contributed by atoms with Gasteiger partial charge in [0.1, 0.15) is 5.69 Å². The van der Waals surface area contributed by atoms with Crippen LogP contribution in [0, 0.1) is 5.92 Å². The van der Waals surface area contributed by atoms with Gasteiger partial charge in [0.05, 0.1) is 11.0 Å². The molecular weight excluding hydrogens is 422 g/mol. The van der Waals surface area contributed by atoms with Gasteiger partial charge >= 0.3 is 0 Å². The molecule has 1 N–H and O–H groups in total. The Bertz CT molecular complexity index is 1270. The summed E-state index contributed by atoms with van der Waals surface area (Å²) in [5, 5.41) is 0. The average molecular weight is 452 g/mol. The molecule has 1 aliphatic heterocycles. The average Bonchev–Trinajstić information content (AvgIpc) is 2.89. The van der Waals surface area contributed by atoms with Gasteiger partial charge in [0, 0.05) is 31.8 Å². The number of rotatable bonds is 6. The van der Waals surface area contributed by atoms with E-state index in [0.29, 0.717) is 30.4 Å². The molecule has 0 bridgehead atoms. The summed E-state index contributed by atoms with van der Waals surface area (Å²) in [6, 6.07) is 28.8. The second-order valence-electron chi connectivity index (χ2n) is 9.05. The lowest BCUT2D eigenvalue weighted by molar-refractivity contribution is -0.132. The van der Waals surface area contributed by atoms with Crippen LogP contribution in [0.2, 0.25) is 0 Å². The highest BCUT2D eigenvalue weighted by Gasteiger charge is 2.30. The molecule has 0 spiro atoms. The maximum absolute atomic E-state index is 12.9. The first-order chi connectivity index (χ1) is 16.7. The number of aryl methyl sites for hydroxylation is 1. The number of nitrogens with one attached hydrogen (secondary N) is 1. The van der Waals surface area contributed by atoms with Gasteiger partial charge in [-0.1, -0.05) is 72.8 Å².